The first-order chi connectivity index (χ1) is 15.9. The van der Waals surface area contributed by atoms with Crippen molar-refractivity contribution >= 4 is 41.2 Å². The highest BCUT2D eigenvalue weighted by atomic mass is 35.5. The van der Waals surface area contributed by atoms with Gasteiger partial charge in [-0.2, -0.15) is 0 Å². The molecule has 2 aromatic carbocycles. The molecule has 1 fully saturated rings. The minimum Gasteiger partial charge on any atom is -0.480 e. The SMILES string of the molecule is CCOC1(c2ccc(/C=C/CC(NC(=O)c3c(Cl)cccc3Cl)C(=O)O)cc2)CCOCC1. The molecule has 0 saturated carbocycles. The molecule has 1 amide bonds. The third-order valence-electron chi connectivity index (χ3n) is 5.63. The van der Waals surface area contributed by atoms with Crippen LogP contribution in [0.25, 0.3) is 6.08 Å². The summed E-state index contributed by atoms with van der Waals surface area (Å²) in [6, 6.07) is 11.6. The van der Waals surface area contributed by atoms with E-state index in [1.165, 1.54) is 12.1 Å². The molecule has 1 saturated heterocycles. The Balaban J connectivity index is 1.66. The maximum absolute atomic E-state index is 12.5. The van der Waals surface area contributed by atoms with Crippen molar-refractivity contribution in [2.75, 3.05) is 19.8 Å². The number of carbonyl (C=O) groups is 2. The Morgan fingerprint density at radius 1 is 1.15 bits per heavy atom. The average molecular weight is 492 g/mol. The van der Waals surface area contributed by atoms with Crippen molar-refractivity contribution in [3.63, 3.8) is 0 Å². The highest BCUT2D eigenvalue weighted by molar-refractivity contribution is 6.39. The van der Waals surface area contributed by atoms with Gasteiger partial charge in [-0.15, -0.1) is 0 Å². The molecule has 0 radical (unpaired) electrons. The van der Waals surface area contributed by atoms with E-state index < -0.39 is 17.9 Å². The molecular weight excluding hydrogens is 465 g/mol. The number of hydrogen-bond donors (Lipinski definition) is 2. The molecule has 1 unspecified atom stereocenters. The highest BCUT2D eigenvalue weighted by Gasteiger charge is 2.35. The lowest BCUT2D eigenvalue weighted by Crippen LogP contribution is -2.40. The first kappa shape index (κ1) is 25.2. The highest BCUT2D eigenvalue weighted by Crippen LogP contribution is 2.36. The number of halogens is 2. The Morgan fingerprint density at radius 3 is 2.36 bits per heavy atom. The van der Waals surface area contributed by atoms with Crippen LogP contribution in [0.4, 0.5) is 0 Å². The summed E-state index contributed by atoms with van der Waals surface area (Å²) in [5, 5.41) is 12.3. The summed E-state index contributed by atoms with van der Waals surface area (Å²) < 4.78 is 11.6. The fraction of sp³-hybridized carbons (Fsp3) is 0.360. The van der Waals surface area contributed by atoms with Crippen molar-refractivity contribution in [3.05, 3.63) is 75.3 Å². The van der Waals surface area contributed by atoms with Crippen LogP contribution in [0.15, 0.2) is 48.5 Å². The second kappa shape index (κ2) is 11.7. The van der Waals surface area contributed by atoms with Crippen LogP contribution in [0.5, 0.6) is 0 Å². The van der Waals surface area contributed by atoms with E-state index in [1.807, 2.05) is 37.3 Å². The number of carbonyl (C=O) groups excluding carboxylic acids is 1. The molecule has 2 aromatic rings. The summed E-state index contributed by atoms with van der Waals surface area (Å²) >= 11 is 12.1. The van der Waals surface area contributed by atoms with Crippen LogP contribution in [0.1, 0.15) is 47.7 Å². The summed E-state index contributed by atoms with van der Waals surface area (Å²) in [6.45, 7) is 3.96. The van der Waals surface area contributed by atoms with Crippen LogP contribution in [0.2, 0.25) is 10.0 Å². The minimum absolute atomic E-state index is 0.0583. The van der Waals surface area contributed by atoms with Gasteiger partial charge in [0.05, 0.1) is 21.2 Å². The lowest BCUT2D eigenvalue weighted by Gasteiger charge is -2.37. The van der Waals surface area contributed by atoms with Crippen molar-refractivity contribution in [1.82, 2.24) is 5.32 Å². The topological polar surface area (TPSA) is 84.9 Å². The fourth-order valence-corrected chi connectivity index (χ4v) is 4.47. The summed E-state index contributed by atoms with van der Waals surface area (Å²) in [6.07, 6.45) is 5.27. The lowest BCUT2D eigenvalue weighted by molar-refractivity contribution is -0.139. The van der Waals surface area contributed by atoms with Crippen molar-refractivity contribution < 1.29 is 24.2 Å². The van der Waals surface area contributed by atoms with Crippen LogP contribution in [-0.2, 0) is 19.9 Å². The van der Waals surface area contributed by atoms with E-state index in [4.69, 9.17) is 32.7 Å². The smallest absolute Gasteiger partial charge is 0.326 e. The van der Waals surface area contributed by atoms with Gasteiger partial charge in [-0.25, -0.2) is 4.79 Å². The molecule has 0 aliphatic carbocycles. The van der Waals surface area contributed by atoms with Gasteiger partial charge < -0.3 is 19.9 Å². The maximum atomic E-state index is 12.5. The van der Waals surface area contributed by atoms with Gasteiger partial charge >= 0.3 is 5.97 Å². The number of carboxylic acids is 1. The monoisotopic (exact) mass is 491 g/mol. The third-order valence-corrected chi connectivity index (χ3v) is 6.26. The second-order valence-corrected chi connectivity index (χ2v) is 8.58. The van der Waals surface area contributed by atoms with E-state index in [-0.39, 0.29) is 27.6 Å². The number of aliphatic carboxylic acids is 1. The molecule has 33 heavy (non-hydrogen) atoms. The standard InChI is InChI=1S/C25H27Cl2NO5/c1-2-33-25(13-15-32-16-14-25)18-11-9-17(10-12-18)5-3-8-21(24(30)31)28-23(29)22-19(26)6-4-7-20(22)27/h3-7,9-12,21H,2,8,13-16H2,1H3,(H,28,29)(H,30,31)/b5-3+. The summed E-state index contributed by atoms with van der Waals surface area (Å²) in [5.41, 5.74) is 1.76. The van der Waals surface area contributed by atoms with Gasteiger partial charge in [0, 0.05) is 32.7 Å². The molecule has 1 aliphatic heterocycles. The number of benzene rings is 2. The first-order valence-corrected chi connectivity index (χ1v) is 11.6. The minimum atomic E-state index is -1.15. The molecule has 0 aromatic heterocycles. The largest absolute Gasteiger partial charge is 0.480 e. The van der Waals surface area contributed by atoms with Crippen LogP contribution in [-0.4, -0.2) is 42.8 Å². The molecule has 176 valence electrons. The molecule has 0 bridgehead atoms. The zero-order valence-corrected chi connectivity index (χ0v) is 19.9. The fourth-order valence-electron chi connectivity index (χ4n) is 3.90. The molecule has 3 rings (SSSR count). The van der Waals surface area contributed by atoms with Crippen LogP contribution >= 0.6 is 23.2 Å². The van der Waals surface area contributed by atoms with Crippen molar-refractivity contribution in [2.45, 2.75) is 37.8 Å². The number of nitrogens with one attached hydrogen (secondary N) is 1. The zero-order valence-electron chi connectivity index (χ0n) is 18.4. The molecule has 0 spiro atoms. The predicted molar refractivity (Wildman–Crippen MR) is 129 cm³/mol. The van der Waals surface area contributed by atoms with E-state index in [0.29, 0.717) is 19.8 Å². The van der Waals surface area contributed by atoms with Crippen LogP contribution in [0.3, 0.4) is 0 Å². The van der Waals surface area contributed by atoms with Gasteiger partial charge in [-0.05, 0) is 36.6 Å². The number of hydrogen-bond acceptors (Lipinski definition) is 4. The third kappa shape index (κ3) is 6.36. The van der Waals surface area contributed by atoms with E-state index in [2.05, 4.69) is 5.32 Å². The Hall–Kier alpha value is -2.38. The van der Waals surface area contributed by atoms with Crippen LogP contribution < -0.4 is 5.32 Å². The van der Waals surface area contributed by atoms with Gasteiger partial charge in [0.25, 0.3) is 5.91 Å². The van der Waals surface area contributed by atoms with Gasteiger partial charge in [0.2, 0.25) is 0 Å². The molecule has 1 aliphatic rings. The number of ether oxygens (including phenoxy) is 2. The lowest BCUT2D eigenvalue weighted by atomic mass is 9.85. The Bertz CT molecular complexity index is 975. The van der Waals surface area contributed by atoms with Gasteiger partial charge in [-0.1, -0.05) is 65.7 Å². The Kier molecular flexibility index (Phi) is 8.92. The molecule has 1 heterocycles. The molecule has 8 heteroatoms. The quantitative estimate of drug-likeness (QED) is 0.495. The van der Waals surface area contributed by atoms with Gasteiger partial charge in [0.15, 0.2) is 0 Å². The molecule has 1 atom stereocenters. The van der Waals surface area contributed by atoms with E-state index in [9.17, 15) is 14.7 Å². The zero-order chi connectivity index (χ0) is 23.8. The predicted octanol–water partition coefficient (Wildman–Crippen LogP) is 5.32. The summed E-state index contributed by atoms with van der Waals surface area (Å²) in [7, 11) is 0. The van der Waals surface area contributed by atoms with Gasteiger partial charge in [0.1, 0.15) is 6.04 Å². The number of amides is 1. The number of carboxylic acid groups (broad SMARTS) is 1. The number of rotatable bonds is 9. The van der Waals surface area contributed by atoms with E-state index >= 15 is 0 Å². The molecule has 6 nitrogen and oxygen atoms in total. The van der Waals surface area contributed by atoms with E-state index in [0.717, 1.165) is 24.0 Å². The van der Waals surface area contributed by atoms with E-state index in [1.54, 1.807) is 12.1 Å². The Labute approximate surface area is 203 Å². The second-order valence-electron chi connectivity index (χ2n) is 7.76. The van der Waals surface area contributed by atoms with Crippen molar-refractivity contribution in [1.29, 1.82) is 0 Å². The molecule has 2 N–H and O–H groups in total. The first-order valence-electron chi connectivity index (χ1n) is 10.8. The maximum Gasteiger partial charge on any atom is 0.326 e. The summed E-state index contributed by atoms with van der Waals surface area (Å²) in [4.78, 5) is 24.2. The van der Waals surface area contributed by atoms with Crippen LogP contribution in [0, 0.1) is 0 Å². The average Bonchev–Trinajstić information content (AvgIpc) is 2.79. The summed E-state index contributed by atoms with van der Waals surface area (Å²) in [5.74, 6) is -1.78. The van der Waals surface area contributed by atoms with Crippen molar-refractivity contribution in [2.24, 2.45) is 0 Å². The normalized spacial score (nSPS) is 16.5. The van der Waals surface area contributed by atoms with Crippen molar-refractivity contribution in [3.8, 4) is 0 Å². The molecular formula is C25H27Cl2NO5. The van der Waals surface area contributed by atoms with Gasteiger partial charge in [-0.3, -0.25) is 4.79 Å². The Morgan fingerprint density at radius 2 is 1.79 bits per heavy atom.